The number of nitrogens with zero attached hydrogens (tertiary/aromatic N) is 2. The summed E-state index contributed by atoms with van der Waals surface area (Å²) >= 11 is 4.15. The molecule has 3 aromatic heterocycles. The molecule has 0 radical (unpaired) electrons. The summed E-state index contributed by atoms with van der Waals surface area (Å²) in [5, 5.41) is 14.0. The van der Waals surface area contributed by atoms with Gasteiger partial charge in [0.1, 0.15) is 15.9 Å². The van der Waals surface area contributed by atoms with Gasteiger partial charge in [-0.15, -0.1) is 22.7 Å². The van der Waals surface area contributed by atoms with Gasteiger partial charge >= 0.3 is 0 Å². The zero-order valence-corrected chi connectivity index (χ0v) is 17.0. The maximum Gasteiger partial charge on any atom is 0.260 e. The first-order chi connectivity index (χ1) is 13.0. The quantitative estimate of drug-likeness (QED) is 0.497. The fourth-order valence-electron chi connectivity index (χ4n) is 3.17. The highest BCUT2D eigenvalue weighted by Crippen LogP contribution is 2.37. The molecule has 9 heteroatoms. The number of hydrogen-bond acceptors (Lipinski definition) is 7. The summed E-state index contributed by atoms with van der Waals surface area (Å²) in [6.07, 6.45) is 4.10. The SMILES string of the molecule is Cc1cc2c(=O)[nH]c(SCC(=O)Nc3sc4c(c3C#N)CCCC4)nc2s1. The van der Waals surface area contributed by atoms with Crippen molar-refractivity contribution in [2.45, 2.75) is 37.8 Å². The summed E-state index contributed by atoms with van der Waals surface area (Å²) in [6, 6.07) is 4.06. The number of thioether (sulfide) groups is 1. The predicted octanol–water partition coefficient (Wildman–Crippen LogP) is 3.84. The minimum absolute atomic E-state index is 0.117. The van der Waals surface area contributed by atoms with Crippen LogP contribution < -0.4 is 10.9 Å². The normalized spacial score (nSPS) is 13.3. The van der Waals surface area contributed by atoms with E-state index in [0.29, 0.717) is 25.9 Å². The molecule has 4 rings (SSSR count). The van der Waals surface area contributed by atoms with Crippen molar-refractivity contribution >= 4 is 55.6 Å². The van der Waals surface area contributed by atoms with Crippen LogP contribution in [0.25, 0.3) is 10.2 Å². The Morgan fingerprint density at radius 2 is 2.22 bits per heavy atom. The lowest BCUT2D eigenvalue weighted by Gasteiger charge is -2.09. The van der Waals surface area contributed by atoms with Crippen molar-refractivity contribution in [3.63, 3.8) is 0 Å². The number of H-pyrrole nitrogens is 1. The fourth-order valence-corrected chi connectivity index (χ4v) is 6.02. The molecule has 0 spiro atoms. The van der Waals surface area contributed by atoms with Crippen LogP contribution in [0.1, 0.15) is 33.7 Å². The first-order valence-electron chi connectivity index (χ1n) is 8.53. The predicted molar refractivity (Wildman–Crippen MR) is 110 cm³/mol. The summed E-state index contributed by atoms with van der Waals surface area (Å²) in [5.74, 6) is -0.0908. The molecule has 3 heterocycles. The minimum Gasteiger partial charge on any atom is -0.316 e. The van der Waals surface area contributed by atoms with E-state index in [1.165, 1.54) is 39.3 Å². The van der Waals surface area contributed by atoms with E-state index in [4.69, 9.17) is 0 Å². The maximum atomic E-state index is 12.4. The molecule has 3 aromatic rings. The summed E-state index contributed by atoms with van der Waals surface area (Å²) in [5.41, 5.74) is 1.52. The molecule has 0 saturated carbocycles. The largest absolute Gasteiger partial charge is 0.316 e. The van der Waals surface area contributed by atoms with Crippen molar-refractivity contribution in [2.24, 2.45) is 0 Å². The van der Waals surface area contributed by atoms with Gasteiger partial charge in [-0.1, -0.05) is 11.8 Å². The number of aryl methyl sites for hydroxylation is 2. The Balaban J connectivity index is 1.47. The fraction of sp³-hybridized carbons (Fsp3) is 0.333. The molecule has 1 aliphatic rings. The van der Waals surface area contributed by atoms with Gasteiger partial charge < -0.3 is 10.3 Å². The molecule has 0 atom stereocenters. The van der Waals surface area contributed by atoms with Crippen molar-refractivity contribution in [3.8, 4) is 6.07 Å². The van der Waals surface area contributed by atoms with Gasteiger partial charge in [-0.25, -0.2) is 4.98 Å². The number of carbonyl (C=O) groups excluding carboxylic acids is 1. The third-order valence-corrected chi connectivity index (χ3v) is 7.40. The van der Waals surface area contributed by atoms with Crippen molar-refractivity contribution in [3.05, 3.63) is 37.3 Å². The van der Waals surface area contributed by atoms with Crippen molar-refractivity contribution in [1.29, 1.82) is 5.26 Å². The lowest BCUT2D eigenvalue weighted by molar-refractivity contribution is -0.113. The Labute approximate surface area is 167 Å². The third kappa shape index (κ3) is 3.65. The molecule has 0 unspecified atom stereocenters. The second-order valence-electron chi connectivity index (χ2n) is 6.31. The van der Waals surface area contributed by atoms with Gasteiger partial charge in [-0.05, 0) is 44.2 Å². The lowest BCUT2D eigenvalue weighted by atomic mass is 9.96. The molecule has 2 N–H and O–H groups in total. The second-order valence-corrected chi connectivity index (χ2v) is 9.61. The average Bonchev–Trinajstić information content (AvgIpc) is 3.19. The van der Waals surface area contributed by atoms with E-state index in [0.717, 1.165) is 36.1 Å². The first-order valence-corrected chi connectivity index (χ1v) is 11.1. The average molecular weight is 417 g/mol. The van der Waals surface area contributed by atoms with E-state index in [1.54, 1.807) is 0 Å². The van der Waals surface area contributed by atoms with E-state index in [-0.39, 0.29) is 17.2 Å². The van der Waals surface area contributed by atoms with E-state index in [1.807, 2.05) is 13.0 Å². The number of nitriles is 1. The van der Waals surface area contributed by atoms with Gasteiger partial charge in [-0.3, -0.25) is 9.59 Å². The zero-order valence-electron chi connectivity index (χ0n) is 14.5. The van der Waals surface area contributed by atoms with Crippen LogP contribution in [0, 0.1) is 18.3 Å². The van der Waals surface area contributed by atoms with Crippen LogP contribution in [0.4, 0.5) is 5.00 Å². The maximum absolute atomic E-state index is 12.4. The molecular formula is C18H16N4O2S3. The molecule has 27 heavy (non-hydrogen) atoms. The minimum atomic E-state index is -0.208. The highest BCUT2D eigenvalue weighted by molar-refractivity contribution is 7.99. The van der Waals surface area contributed by atoms with Crippen molar-refractivity contribution in [2.75, 3.05) is 11.1 Å². The molecule has 1 aliphatic carbocycles. The Kier molecular flexibility index (Phi) is 5.04. The van der Waals surface area contributed by atoms with Crippen molar-refractivity contribution < 1.29 is 4.79 Å². The molecule has 1 amide bonds. The molecule has 0 aliphatic heterocycles. The van der Waals surface area contributed by atoms with Crippen LogP contribution in [-0.2, 0) is 17.6 Å². The van der Waals surface area contributed by atoms with Gasteiger partial charge in [-0.2, -0.15) is 5.26 Å². The summed E-state index contributed by atoms with van der Waals surface area (Å²) in [7, 11) is 0. The molecule has 0 bridgehead atoms. The molecule has 6 nitrogen and oxygen atoms in total. The standard InChI is InChI=1S/C18H16N4O2S3/c1-9-6-11-15(24)21-18(22-16(11)26-9)25-8-14(23)20-17-12(7-19)10-4-2-3-5-13(10)27-17/h6H,2-5,8H2,1H3,(H,20,23)(H,21,22,24). The van der Waals surface area contributed by atoms with E-state index in [2.05, 4.69) is 21.4 Å². The highest BCUT2D eigenvalue weighted by atomic mass is 32.2. The zero-order chi connectivity index (χ0) is 19.0. The smallest absolute Gasteiger partial charge is 0.260 e. The Hall–Kier alpha value is -2.15. The number of aromatic amines is 1. The van der Waals surface area contributed by atoms with Crippen LogP contribution in [0.3, 0.4) is 0 Å². The van der Waals surface area contributed by atoms with Crippen LogP contribution in [-0.4, -0.2) is 21.6 Å². The summed E-state index contributed by atoms with van der Waals surface area (Å²) < 4.78 is 0. The molecule has 0 fully saturated rings. The Morgan fingerprint density at radius 3 is 3.04 bits per heavy atom. The van der Waals surface area contributed by atoms with Crippen LogP contribution in [0.5, 0.6) is 0 Å². The first kappa shape index (κ1) is 18.2. The van der Waals surface area contributed by atoms with Gasteiger partial charge in [0.25, 0.3) is 5.56 Å². The number of carbonyl (C=O) groups is 1. The van der Waals surface area contributed by atoms with Crippen molar-refractivity contribution in [1.82, 2.24) is 9.97 Å². The number of nitrogens with one attached hydrogen (secondary N) is 2. The molecule has 0 saturated heterocycles. The number of thiophene rings is 2. The number of anilines is 1. The highest BCUT2D eigenvalue weighted by Gasteiger charge is 2.22. The second kappa shape index (κ2) is 7.46. The Morgan fingerprint density at radius 1 is 1.41 bits per heavy atom. The van der Waals surface area contributed by atoms with Gasteiger partial charge in [0, 0.05) is 9.75 Å². The molecular weight excluding hydrogens is 400 g/mol. The number of rotatable bonds is 4. The summed E-state index contributed by atoms with van der Waals surface area (Å²) in [6.45, 7) is 1.93. The van der Waals surface area contributed by atoms with Gasteiger partial charge in [0.15, 0.2) is 5.16 Å². The monoisotopic (exact) mass is 416 g/mol. The van der Waals surface area contributed by atoms with Crippen LogP contribution >= 0.6 is 34.4 Å². The number of aromatic nitrogens is 2. The number of amides is 1. The van der Waals surface area contributed by atoms with Crippen LogP contribution in [0.2, 0.25) is 0 Å². The van der Waals surface area contributed by atoms with E-state index in [9.17, 15) is 14.9 Å². The van der Waals surface area contributed by atoms with E-state index >= 15 is 0 Å². The van der Waals surface area contributed by atoms with E-state index < -0.39 is 0 Å². The Bertz CT molecular complexity index is 1140. The third-order valence-electron chi connectivity index (χ3n) is 4.38. The molecule has 0 aromatic carbocycles. The molecule has 138 valence electrons. The van der Waals surface area contributed by atoms with Gasteiger partial charge in [0.2, 0.25) is 5.91 Å². The topological polar surface area (TPSA) is 98.6 Å². The summed E-state index contributed by atoms with van der Waals surface area (Å²) in [4.78, 5) is 34.5. The van der Waals surface area contributed by atoms with Gasteiger partial charge in [0.05, 0.1) is 16.7 Å². The van der Waals surface area contributed by atoms with Crippen LogP contribution in [0.15, 0.2) is 16.0 Å². The number of fused-ring (bicyclic) bond motifs is 2. The lowest BCUT2D eigenvalue weighted by Crippen LogP contribution is -2.15. The number of hydrogen-bond donors (Lipinski definition) is 2.